The fourth-order valence-electron chi connectivity index (χ4n) is 3.39. The van der Waals surface area contributed by atoms with E-state index in [1.807, 2.05) is 0 Å². The molecule has 30 heavy (non-hydrogen) atoms. The van der Waals surface area contributed by atoms with Gasteiger partial charge >= 0.3 is 5.97 Å². The predicted molar refractivity (Wildman–Crippen MR) is 100 cm³/mol. The Balaban J connectivity index is 1.49. The van der Waals surface area contributed by atoms with Crippen molar-refractivity contribution in [2.24, 2.45) is 0 Å². The zero-order valence-electron chi connectivity index (χ0n) is 15.6. The van der Waals surface area contributed by atoms with Crippen molar-refractivity contribution in [2.75, 3.05) is 18.1 Å². The summed E-state index contributed by atoms with van der Waals surface area (Å²) >= 11 is 0. The number of imide groups is 2. The lowest BCUT2D eigenvalue weighted by Gasteiger charge is -2.13. The van der Waals surface area contributed by atoms with Crippen molar-refractivity contribution in [3.05, 3.63) is 65.0 Å². The van der Waals surface area contributed by atoms with Gasteiger partial charge in [0.2, 0.25) is 5.91 Å². The molecule has 0 saturated carbocycles. The van der Waals surface area contributed by atoms with E-state index in [1.54, 1.807) is 0 Å². The Bertz CT molecular complexity index is 1100. The molecule has 2 heterocycles. The number of hydrogen-bond acceptors (Lipinski definition) is 6. The average molecular weight is 410 g/mol. The summed E-state index contributed by atoms with van der Waals surface area (Å²) in [6.45, 7) is -0.305. The molecule has 9 heteroatoms. The van der Waals surface area contributed by atoms with E-state index in [-0.39, 0.29) is 34.7 Å². The van der Waals surface area contributed by atoms with Gasteiger partial charge in [0.1, 0.15) is 5.82 Å². The normalized spacial score (nSPS) is 15.6. The van der Waals surface area contributed by atoms with Crippen LogP contribution in [-0.2, 0) is 14.3 Å². The molecule has 0 aliphatic carbocycles. The maximum absolute atomic E-state index is 13.1. The van der Waals surface area contributed by atoms with Crippen LogP contribution in [0.4, 0.5) is 10.1 Å². The zero-order chi connectivity index (χ0) is 21.4. The van der Waals surface area contributed by atoms with Gasteiger partial charge in [-0.1, -0.05) is 0 Å². The SMILES string of the molecule is O=C(OCC(=O)N1CCCC1=O)c1ccc2c(c1)C(=O)N(c1ccc(F)cc1)C2=O. The molecule has 1 saturated heterocycles. The third-order valence-corrected chi connectivity index (χ3v) is 4.91. The molecule has 0 unspecified atom stereocenters. The first-order valence-corrected chi connectivity index (χ1v) is 9.15. The van der Waals surface area contributed by atoms with Crippen LogP contribution >= 0.6 is 0 Å². The van der Waals surface area contributed by atoms with Crippen LogP contribution in [0.2, 0.25) is 0 Å². The lowest BCUT2D eigenvalue weighted by atomic mass is 10.1. The van der Waals surface area contributed by atoms with Gasteiger partial charge in [-0.3, -0.25) is 24.1 Å². The second-order valence-corrected chi connectivity index (χ2v) is 6.80. The van der Waals surface area contributed by atoms with Crippen molar-refractivity contribution >= 4 is 35.3 Å². The molecule has 0 radical (unpaired) electrons. The zero-order valence-corrected chi connectivity index (χ0v) is 15.6. The van der Waals surface area contributed by atoms with Crippen molar-refractivity contribution in [3.8, 4) is 0 Å². The molecule has 2 aliphatic rings. The monoisotopic (exact) mass is 410 g/mol. The van der Waals surface area contributed by atoms with Gasteiger partial charge in [0.15, 0.2) is 6.61 Å². The van der Waals surface area contributed by atoms with E-state index in [1.165, 1.54) is 30.3 Å². The quantitative estimate of drug-likeness (QED) is 0.564. The van der Waals surface area contributed by atoms with Crippen LogP contribution in [0.15, 0.2) is 42.5 Å². The topological polar surface area (TPSA) is 101 Å². The molecule has 2 aromatic rings. The molecule has 0 aromatic heterocycles. The van der Waals surface area contributed by atoms with Crippen molar-refractivity contribution < 1.29 is 33.1 Å². The predicted octanol–water partition coefficient (Wildman–Crippen LogP) is 1.93. The summed E-state index contributed by atoms with van der Waals surface area (Å²) in [4.78, 5) is 63.1. The van der Waals surface area contributed by atoms with Gasteiger partial charge < -0.3 is 4.74 Å². The minimum absolute atomic E-state index is 0.000165. The molecule has 152 valence electrons. The number of benzene rings is 2. The second-order valence-electron chi connectivity index (χ2n) is 6.80. The number of fused-ring (bicyclic) bond motifs is 1. The number of carbonyl (C=O) groups is 5. The summed E-state index contributed by atoms with van der Waals surface area (Å²) in [5.41, 5.74) is 0.281. The number of carbonyl (C=O) groups excluding carboxylic acids is 5. The van der Waals surface area contributed by atoms with Crippen LogP contribution in [-0.4, -0.2) is 47.6 Å². The smallest absolute Gasteiger partial charge is 0.338 e. The van der Waals surface area contributed by atoms with E-state index in [4.69, 9.17) is 4.74 Å². The number of esters is 1. The average Bonchev–Trinajstić information content (AvgIpc) is 3.28. The Morgan fingerprint density at radius 3 is 2.33 bits per heavy atom. The molecule has 4 rings (SSSR count). The van der Waals surface area contributed by atoms with Gasteiger partial charge in [0.25, 0.3) is 17.7 Å². The molecule has 2 aromatic carbocycles. The van der Waals surface area contributed by atoms with Gasteiger partial charge in [-0.25, -0.2) is 14.1 Å². The van der Waals surface area contributed by atoms with Crippen LogP contribution in [0.25, 0.3) is 0 Å². The Hall–Kier alpha value is -3.88. The highest BCUT2D eigenvalue weighted by Gasteiger charge is 2.37. The minimum Gasteiger partial charge on any atom is -0.452 e. The van der Waals surface area contributed by atoms with Gasteiger partial charge in [-0.2, -0.15) is 0 Å². The number of anilines is 1. The van der Waals surface area contributed by atoms with E-state index in [9.17, 15) is 28.4 Å². The van der Waals surface area contributed by atoms with Gasteiger partial charge in [-0.15, -0.1) is 0 Å². The molecule has 0 N–H and O–H groups in total. The summed E-state index contributed by atoms with van der Waals surface area (Å²) in [6, 6.07) is 8.71. The van der Waals surface area contributed by atoms with Gasteiger partial charge in [-0.05, 0) is 48.9 Å². The second kappa shape index (κ2) is 7.51. The number of likely N-dealkylation sites (tertiary alicyclic amines) is 1. The first-order valence-electron chi connectivity index (χ1n) is 9.15. The maximum atomic E-state index is 13.1. The largest absolute Gasteiger partial charge is 0.452 e. The van der Waals surface area contributed by atoms with Crippen LogP contribution in [0, 0.1) is 5.82 Å². The fraction of sp³-hybridized carbons (Fsp3) is 0.190. The number of amides is 4. The summed E-state index contributed by atoms with van der Waals surface area (Å²) in [7, 11) is 0. The summed E-state index contributed by atoms with van der Waals surface area (Å²) < 4.78 is 18.1. The van der Waals surface area contributed by atoms with Crippen molar-refractivity contribution in [1.82, 2.24) is 4.90 Å². The number of nitrogens with zero attached hydrogens (tertiary/aromatic N) is 2. The summed E-state index contributed by atoms with van der Waals surface area (Å²) in [6.07, 6.45) is 0.856. The van der Waals surface area contributed by atoms with Crippen molar-refractivity contribution in [1.29, 1.82) is 0 Å². The molecular weight excluding hydrogens is 395 g/mol. The van der Waals surface area contributed by atoms with E-state index in [0.29, 0.717) is 13.0 Å². The Kier molecular flexibility index (Phi) is 4.86. The summed E-state index contributed by atoms with van der Waals surface area (Å²) in [5, 5.41) is 0. The Labute approximate surface area is 169 Å². The molecule has 8 nitrogen and oxygen atoms in total. The number of rotatable bonds is 4. The highest BCUT2D eigenvalue weighted by molar-refractivity contribution is 6.34. The van der Waals surface area contributed by atoms with E-state index >= 15 is 0 Å². The molecule has 2 aliphatic heterocycles. The number of hydrogen-bond donors (Lipinski definition) is 0. The van der Waals surface area contributed by atoms with Crippen LogP contribution < -0.4 is 4.90 Å². The Morgan fingerprint density at radius 1 is 0.967 bits per heavy atom. The molecule has 0 spiro atoms. The molecule has 0 atom stereocenters. The van der Waals surface area contributed by atoms with Gasteiger partial charge in [0, 0.05) is 13.0 Å². The van der Waals surface area contributed by atoms with Gasteiger partial charge in [0.05, 0.1) is 22.4 Å². The third kappa shape index (κ3) is 3.34. The molecule has 1 fully saturated rings. The number of ether oxygens (including phenoxy) is 1. The molecular formula is C21H15FN2O6. The fourth-order valence-corrected chi connectivity index (χ4v) is 3.39. The lowest BCUT2D eigenvalue weighted by Crippen LogP contribution is -2.35. The first kappa shape index (κ1) is 19.4. The van der Waals surface area contributed by atoms with E-state index < -0.39 is 36.1 Å². The molecule has 0 bridgehead atoms. The van der Waals surface area contributed by atoms with E-state index in [0.717, 1.165) is 21.9 Å². The summed E-state index contributed by atoms with van der Waals surface area (Å²) in [5.74, 6) is -3.54. The van der Waals surface area contributed by atoms with Crippen LogP contribution in [0.3, 0.4) is 0 Å². The Morgan fingerprint density at radius 2 is 1.67 bits per heavy atom. The third-order valence-electron chi connectivity index (χ3n) is 4.91. The van der Waals surface area contributed by atoms with Crippen molar-refractivity contribution in [3.63, 3.8) is 0 Å². The standard InChI is InChI=1S/C21H15FN2O6/c22-13-4-6-14(7-5-13)24-19(27)15-8-3-12(10-16(15)20(24)28)21(29)30-11-18(26)23-9-1-2-17(23)25/h3-8,10H,1-2,9,11H2. The van der Waals surface area contributed by atoms with Crippen molar-refractivity contribution in [2.45, 2.75) is 12.8 Å². The number of halogens is 1. The first-order chi connectivity index (χ1) is 14.4. The maximum Gasteiger partial charge on any atom is 0.338 e. The van der Waals surface area contributed by atoms with E-state index in [2.05, 4.69) is 0 Å². The highest BCUT2D eigenvalue weighted by atomic mass is 19.1. The lowest BCUT2D eigenvalue weighted by molar-refractivity contribution is -0.143. The molecule has 4 amide bonds. The van der Waals surface area contributed by atoms with Crippen LogP contribution in [0.1, 0.15) is 43.9 Å². The highest BCUT2D eigenvalue weighted by Crippen LogP contribution is 2.29. The van der Waals surface area contributed by atoms with Crippen LogP contribution in [0.5, 0.6) is 0 Å². The minimum atomic E-state index is -0.863.